The molecule has 1 saturated heterocycles. The molecule has 2 aromatic carbocycles. The molecule has 2 heterocycles. The Morgan fingerprint density at radius 1 is 1.00 bits per heavy atom. The molecular weight excluding hydrogens is 364 g/mol. The number of hydrogen-bond acceptors (Lipinski definition) is 6. The average Bonchev–Trinajstić information content (AvgIpc) is 3.26. The number of imide groups is 2. The lowest BCUT2D eigenvalue weighted by atomic mass is 10.1. The molecule has 8 heteroatoms. The van der Waals surface area contributed by atoms with Gasteiger partial charge in [0.15, 0.2) is 17.3 Å². The maximum atomic E-state index is 12.7. The summed E-state index contributed by atoms with van der Waals surface area (Å²) in [5, 5.41) is 0. The SMILES string of the molecule is CC(c1ccccc1)N1C(=O)C(=O)N(CC(=O)c2ccc3c(c2)OCO3)C1=O. The monoisotopic (exact) mass is 380 g/mol. The lowest BCUT2D eigenvalue weighted by Gasteiger charge is -2.22. The second-order valence-electron chi connectivity index (χ2n) is 6.43. The molecule has 0 N–H and O–H groups in total. The normalized spacial score (nSPS) is 16.7. The second-order valence-corrected chi connectivity index (χ2v) is 6.43. The van der Waals surface area contributed by atoms with Gasteiger partial charge in [-0.1, -0.05) is 30.3 Å². The van der Waals surface area contributed by atoms with Crippen molar-refractivity contribution in [1.82, 2.24) is 9.80 Å². The number of fused-ring (bicyclic) bond motifs is 1. The van der Waals surface area contributed by atoms with Crippen LogP contribution in [-0.4, -0.2) is 46.8 Å². The molecule has 2 aliphatic rings. The van der Waals surface area contributed by atoms with E-state index >= 15 is 0 Å². The molecule has 4 amide bonds. The Morgan fingerprint density at radius 3 is 2.46 bits per heavy atom. The van der Waals surface area contributed by atoms with Gasteiger partial charge in [0.1, 0.15) is 0 Å². The van der Waals surface area contributed by atoms with E-state index in [1.54, 1.807) is 37.3 Å². The molecule has 4 rings (SSSR count). The summed E-state index contributed by atoms with van der Waals surface area (Å²) in [6, 6.07) is 12.0. The minimum Gasteiger partial charge on any atom is -0.454 e. The van der Waals surface area contributed by atoms with Gasteiger partial charge in [-0.3, -0.25) is 14.4 Å². The molecule has 2 aliphatic heterocycles. The fourth-order valence-corrected chi connectivity index (χ4v) is 3.19. The predicted molar refractivity (Wildman–Crippen MR) is 95.7 cm³/mol. The van der Waals surface area contributed by atoms with E-state index in [2.05, 4.69) is 0 Å². The molecule has 0 bridgehead atoms. The first-order chi connectivity index (χ1) is 13.5. The van der Waals surface area contributed by atoms with Crippen LogP contribution in [0.4, 0.5) is 4.79 Å². The molecule has 28 heavy (non-hydrogen) atoms. The van der Waals surface area contributed by atoms with E-state index in [4.69, 9.17) is 9.47 Å². The fraction of sp³-hybridized carbons (Fsp3) is 0.200. The number of ketones is 1. The third kappa shape index (κ3) is 2.88. The lowest BCUT2D eigenvalue weighted by Crippen LogP contribution is -2.37. The Labute approximate surface area is 160 Å². The summed E-state index contributed by atoms with van der Waals surface area (Å²) < 4.78 is 10.4. The molecule has 2 aromatic rings. The van der Waals surface area contributed by atoms with Crippen molar-refractivity contribution in [2.45, 2.75) is 13.0 Å². The Balaban J connectivity index is 1.54. The van der Waals surface area contributed by atoms with E-state index in [0.717, 1.165) is 4.90 Å². The van der Waals surface area contributed by atoms with Crippen LogP contribution in [0.1, 0.15) is 28.9 Å². The largest absolute Gasteiger partial charge is 0.454 e. The number of benzene rings is 2. The fourth-order valence-electron chi connectivity index (χ4n) is 3.19. The number of urea groups is 1. The summed E-state index contributed by atoms with van der Waals surface area (Å²) in [5.74, 6) is -1.51. The van der Waals surface area contributed by atoms with Crippen LogP contribution in [0.2, 0.25) is 0 Å². The third-order valence-electron chi connectivity index (χ3n) is 4.75. The molecule has 0 aliphatic carbocycles. The molecule has 8 nitrogen and oxygen atoms in total. The van der Waals surface area contributed by atoms with Crippen molar-refractivity contribution in [3.8, 4) is 11.5 Å². The summed E-state index contributed by atoms with van der Waals surface area (Å²) in [7, 11) is 0. The van der Waals surface area contributed by atoms with Gasteiger partial charge in [0.25, 0.3) is 0 Å². The lowest BCUT2D eigenvalue weighted by molar-refractivity contribution is -0.143. The van der Waals surface area contributed by atoms with Gasteiger partial charge >= 0.3 is 17.8 Å². The summed E-state index contributed by atoms with van der Waals surface area (Å²) in [5.41, 5.74) is 0.966. The molecular formula is C20H16N2O6. The van der Waals surface area contributed by atoms with Crippen LogP contribution in [0, 0.1) is 0 Å². The molecule has 0 radical (unpaired) electrons. The number of carbonyl (C=O) groups excluding carboxylic acids is 4. The Hall–Kier alpha value is -3.68. The zero-order chi connectivity index (χ0) is 19.8. The highest BCUT2D eigenvalue weighted by atomic mass is 16.7. The average molecular weight is 380 g/mol. The van der Waals surface area contributed by atoms with E-state index < -0.39 is 36.2 Å². The van der Waals surface area contributed by atoms with Crippen LogP contribution < -0.4 is 9.47 Å². The van der Waals surface area contributed by atoms with Gasteiger partial charge in [0.2, 0.25) is 6.79 Å². The Kier molecular flexibility index (Phi) is 4.31. The maximum Gasteiger partial charge on any atom is 0.335 e. The molecule has 142 valence electrons. The third-order valence-corrected chi connectivity index (χ3v) is 4.75. The minimum atomic E-state index is -1.01. The first kappa shape index (κ1) is 17.7. The van der Waals surface area contributed by atoms with E-state index in [-0.39, 0.29) is 12.4 Å². The number of amides is 4. The van der Waals surface area contributed by atoms with Crippen LogP contribution in [0.15, 0.2) is 48.5 Å². The predicted octanol–water partition coefficient (Wildman–Crippen LogP) is 2.15. The molecule has 0 aromatic heterocycles. The van der Waals surface area contributed by atoms with Crippen molar-refractivity contribution in [1.29, 1.82) is 0 Å². The highest BCUT2D eigenvalue weighted by Crippen LogP contribution is 2.33. The first-order valence-corrected chi connectivity index (χ1v) is 8.64. The van der Waals surface area contributed by atoms with Gasteiger partial charge in [-0.05, 0) is 30.7 Å². The van der Waals surface area contributed by atoms with Crippen molar-refractivity contribution < 1.29 is 28.7 Å². The number of nitrogens with zero attached hydrogens (tertiary/aromatic N) is 2. The summed E-state index contributed by atoms with van der Waals surface area (Å²) >= 11 is 0. The molecule has 1 unspecified atom stereocenters. The van der Waals surface area contributed by atoms with Crippen molar-refractivity contribution in [3.63, 3.8) is 0 Å². The van der Waals surface area contributed by atoms with Gasteiger partial charge in [-0.2, -0.15) is 0 Å². The van der Waals surface area contributed by atoms with Crippen LogP contribution in [0.3, 0.4) is 0 Å². The summed E-state index contributed by atoms with van der Waals surface area (Å²) in [6.07, 6.45) is 0. The quantitative estimate of drug-likeness (QED) is 0.448. The Morgan fingerprint density at radius 2 is 1.71 bits per heavy atom. The molecule has 1 atom stereocenters. The van der Waals surface area contributed by atoms with E-state index in [0.29, 0.717) is 22.0 Å². The van der Waals surface area contributed by atoms with Crippen LogP contribution >= 0.6 is 0 Å². The number of hydrogen-bond donors (Lipinski definition) is 0. The smallest absolute Gasteiger partial charge is 0.335 e. The second kappa shape index (κ2) is 6.80. The summed E-state index contributed by atoms with van der Waals surface area (Å²) in [4.78, 5) is 51.5. The number of carbonyl (C=O) groups is 4. The van der Waals surface area contributed by atoms with Crippen molar-refractivity contribution in [3.05, 3.63) is 59.7 Å². The van der Waals surface area contributed by atoms with E-state index in [1.165, 1.54) is 12.1 Å². The van der Waals surface area contributed by atoms with Gasteiger partial charge in [0, 0.05) is 5.56 Å². The minimum absolute atomic E-state index is 0.0664. The molecule has 0 saturated carbocycles. The van der Waals surface area contributed by atoms with Crippen molar-refractivity contribution >= 4 is 23.6 Å². The van der Waals surface area contributed by atoms with Crippen LogP contribution in [0.5, 0.6) is 11.5 Å². The maximum absolute atomic E-state index is 12.7. The zero-order valence-corrected chi connectivity index (χ0v) is 15.0. The molecule has 0 spiro atoms. The van der Waals surface area contributed by atoms with Crippen molar-refractivity contribution in [2.75, 3.05) is 13.3 Å². The van der Waals surface area contributed by atoms with Crippen LogP contribution in [0.25, 0.3) is 0 Å². The highest BCUT2D eigenvalue weighted by Gasteiger charge is 2.47. The molecule has 1 fully saturated rings. The van der Waals surface area contributed by atoms with Crippen molar-refractivity contribution in [2.24, 2.45) is 0 Å². The Bertz CT molecular complexity index is 987. The van der Waals surface area contributed by atoms with Crippen LogP contribution in [-0.2, 0) is 9.59 Å². The standard InChI is InChI=1S/C20H16N2O6/c1-12(13-5-3-2-4-6-13)22-19(25)18(24)21(20(22)26)10-15(23)14-7-8-16-17(9-14)28-11-27-16/h2-9,12H,10-11H2,1H3. The van der Waals surface area contributed by atoms with E-state index in [1.807, 2.05) is 6.07 Å². The number of ether oxygens (including phenoxy) is 2. The number of rotatable bonds is 5. The van der Waals surface area contributed by atoms with Gasteiger partial charge in [-0.15, -0.1) is 0 Å². The zero-order valence-electron chi connectivity index (χ0n) is 15.0. The van der Waals surface area contributed by atoms with Gasteiger partial charge < -0.3 is 9.47 Å². The first-order valence-electron chi connectivity index (χ1n) is 8.64. The van der Waals surface area contributed by atoms with Gasteiger partial charge in [0.05, 0.1) is 12.6 Å². The number of Topliss-reactive ketones (excluding diaryl/α,β-unsaturated/α-hetero) is 1. The summed E-state index contributed by atoms with van der Waals surface area (Å²) in [6.45, 7) is 1.19. The van der Waals surface area contributed by atoms with E-state index in [9.17, 15) is 19.2 Å². The van der Waals surface area contributed by atoms with Gasteiger partial charge in [-0.25, -0.2) is 14.6 Å². The highest BCUT2D eigenvalue weighted by molar-refractivity contribution is 6.45. The topological polar surface area (TPSA) is 93.2 Å².